The highest BCUT2D eigenvalue weighted by atomic mass is 16.4. The molecule has 0 saturated carbocycles. The molecule has 0 spiro atoms. The molecule has 1 aromatic carbocycles. The Balaban J connectivity index is 1.73. The van der Waals surface area contributed by atoms with Crippen LogP contribution in [0.5, 0.6) is 0 Å². The van der Waals surface area contributed by atoms with E-state index in [0.717, 1.165) is 18.4 Å². The van der Waals surface area contributed by atoms with Crippen molar-refractivity contribution in [1.29, 1.82) is 0 Å². The second-order valence-electron chi connectivity index (χ2n) is 5.98. The number of nitrogens with zero attached hydrogens (tertiary/aromatic N) is 1. The van der Waals surface area contributed by atoms with Crippen molar-refractivity contribution in [3.05, 3.63) is 41.0 Å². The number of rotatable bonds is 2. The molecule has 0 bridgehead atoms. The molecule has 1 aliphatic carbocycles. The second kappa shape index (κ2) is 5.57. The van der Waals surface area contributed by atoms with Crippen LogP contribution in [0.4, 0.5) is 0 Å². The fraction of sp³-hybridized carbons (Fsp3) is 0.412. The molecule has 0 unspecified atom stereocenters. The van der Waals surface area contributed by atoms with E-state index in [1.807, 2.05) is 18.2 Å². The number of allylic oxidation sites excluding steroid dienone is 1. The molecule has 5 nitrogen and oxygen atoms in total. The first kappa shape index (κ1) is 14.8. The predicted molar refractivity (Wildman–Crippen MR) is 81.5 cm³/mol. The fourth-order valence-corrected chi connectivity index (χ4v) is 3.04. The number of hydrogen-bond donors (Lipinski definition) is 2. The lowest BCUT2D eigenvalue weighted by atomic mass is 9.91. The zero-order valence-electron chi connectivity index (χ0n) is 12.3. The Morgan fingerprint density at radius 3 is 2.59 bits per heavy atom. The first-order chi connectivity index (χ1) is 10.5. The number of carbonyl (C=O) groups is 2. The Hall–Kier alpha value is -2.14. The van der Waals surface area contributed by atoms with Crippen LogP contribution in [-0.4, -0.2) is 45.7 Å². The van der Waals surface area contributed by atoms with Crippen LogP contribution in [0.1, 0.15) is 40.7 Å². The number of benzene rings is 1. The minimum atomic E-state index is -1.70. The molecule has 22 heavy (non-hydrogen) atoms. The molecule has 3 rings (SSSR count). The van der Waals surface area contributed by atoms with Gasteiger partial charge in [0, 0.05) is 31.5 Å². The van der Waals surface area contributed by atoms with Gasteiger partial charge >= 0.3 is 5.97 Å². The number of carboxylic acids is 1. The summed E-state index contributed by atoms with van der Waals surface area (Å²) in [5.74, 6) is -1.30. The van der Waals surface area contributed by atoms with E-state index in [1.165, 1.54) is 5.56 Å². The van der Waals surface area contributed by atoms with Crippen molar-refractivity contribution in [3.63, 3.8) is 0 Å². The lowest BCUT2D eigenvalue weighted by molar-refractivity contribution is -0.162. The number of fused-ring (bicyclic) bond motifs is 1. The van der Waals surface area contributed by atoms with Crippen molar-refractivity contribution in [2.24, 2.45) is 0 Å². The smallest absolute Gasteiger partial charge is 0.335 e. The van der Waals surface area contributed by atoms with Crippen molar-refractivity contribution >= 4 is 18.0 Å². The lowest BCUT2D eigenvalue weighted by Gasteiger charge is -2.35. The fourth-order valence-electron chi connectivity index (χ4n) is 3.04. The van der Waals surface area contributed by atoms with Crippen molar-refractivity contribution < 1.29 is 19.8 Å². The van der Waals surface area contributed by atoms with Gasteiger partial charge in [-0.05, 0) is 36.1 Å². The van der Waals surface area contributed by atoms with Crippen LogP contribution in [0.2, 0.25) is 0 Å². The molecule has 116 valence electrons. The molecular weight excluding hydrogens is 282 g/mol. The highest BCUT2D eigenvalue weighted by Crippen LogP contribution is 2.25. The summed E-state index contributed by atoms with van der Waals surface area (Å²) in [5, 5.41) is 18.9. The molecule has 2 N–H and O–H groups in total. The van der Waals surface area contributed by atoms with E-state index in [-0.39, 0.29) is 31.8 Å². The van der Waals surface area contributed by atoms with Gasteiger partial charge < -0.3 is 15.1 Å². The summed E-state index contributed by atoms with van der Waals surface area (Å²) in [5.41, 5.74) is 1.26. The van der Waals surface area contributed by atoms with Crippen LogP contribution in [0.15, 0.2) is 24.3 Å². The Morgan fingerprint density at radius 2 is 1.91 bits per heavy atom. The topological polar surface area (TPSA) is 77.8 Å². The minimum Gasteiger partial charge on any atom is -0.479 e. The van der Waals surface area contributed by atoms with Gasteiger partial charge in [0.15, 0.2) is 5.60 Å². The maximum Gasteiger partial charge on any atom is 0.335 e. The van der Waals surface area contributed by atoms with Crippen LogP contribution < -0.4 is 0 Å². The normalized spacial score (nSPS) is 19.6. The lowest BCUT2D eigenvalue weighted by Crippen LogP contribution is -2.50. The highest BCUT2D eigenvalue weighted by molar-refractivity contribution is 5.95. The zero-order chi connectivity index (χ0) is 15.7. The number of hydrogen-bond acceptors (Lipinski definition) is 3. The van der Waals surface area contributed by atoms with E-state index >= 15 is 0 Å². The van der Waals surface area contributed by atoms with E-state index in [9.17, 15) is 14.7 Å². The van der Waals surface area contributed by atoms with Gasteiger partial charge in [-0.1, -0.05) is 18.2 Å². The van der Waals surface area contributed by atoms with Crippen LogP contribution in [0.3, 0.4) is 0 Å². The summed E-state index contributed by atoms with van der Waals surface area (Å²) >= 11 is 0. The van der Waals surface area contributed by atoms with Gasteiger partial charge in [-0.2, -0.15) is 0 Å². The summed E-state index contributed by atoms with van der Waals surface area (Å²) < 4.78 is 0. The van der Waals surface area contributed by atoms with E-state index in [2.05, 4.69) is 12.2 Å². The van der Waals surface area contributed by atoms with Gasteiger partial charge in [-0.3, -0.25) is 4.79 Å². The third kappa shape index (κ3) is 2.64. The average molecular weight is 301 g/mol. The molecule has 0 atom stereocenters. The Kier molecular flexibility index (Phi) is 3.74. The van der Waals surface area contributed by atoms with E-state index in [1.54, 1.807) is 4.90 Å². The number of amides is 1. The Bertz CT molecular complexity index is 642. The SMILES string of the molecule is O=C(c1ccc2c(c1)CCC=C2)N1CCC(O)(C(=O)O)CC1. The number of carbonyl (C=O) groups excluding carboxylic acids is 1. The number of aliphatic hydroxyl groups is 1. The Labute approximate surface area is 128 Å². The molecule has 1 fully saturated rings. The summed E-state index contributed by atoms with van der Waals surface area (Å²) in [6.07, 6.45) is 6.26. The molecule has 0 aromatic heterocycles. The van der Waals surface area contributed by atoms with Gasteiger partial charge in [-0.15, -0.1) is 0 Å². The molecule has 2 aliphatic rings. The average Bonchev–Trinajstić information content (AvgIpc) is 2.54. The number of likely N-dealkylation sites (tertiary alicyclic amines) is 1. The summed E-state index contributed by atoms with van der Waals surface area (Å²) in [4.78, 5) is 25.2. The molecule has 1 heterocycles. The van der Waals surface area contributed by atoms with Crippen LogP contribution in [0, 0.1) is 0 Å². The number of piperidine rings is 1. The van der Waals surface area contributed by atoms with Crippen molar-refractivity contribution in [2.45, 2.75) is 31.3 Å². The summed E-state index contributed by atoms with van der Waals surface area (Å²) in [6, 6.07) is 5.70. The maximum atomic E-state index is 12.5. The largest absolute Gasteiger partial charge is 0.479 e. The zero-order valence-corrected chi connectivity index (χ0v) is 12.3. The number of carboxylic acid groups (broad SMARTS) is 1. The predicted octanol–water partition coefficient (Wildman–Crippen LogP) is 1.70. The Morgan fingerprint density at radius 1 is 1.18 bits per heavy atom. The monoisotopic (exact) mass is 301 g/mol. The third-order valence-corrected chi connectivity index (χ3v) is 4.54. The summed E-state index contributed by atoms with van der Waals surface area (Å²) in [6.45, 7) is 0.525. The van der Waals surface area contributed by atoms with Gasteiger partial charge in [0.1, 0.15) is 0 Å². The first-order valence-electron chi connectivity index (χ1n) is 7.54. The van der Waals surface area contributed by atoms with Crippen LogP contribution in [0.25, 0.3) is 6.08 Å². The van der Waals surface area contributed by atoms with Gasteiger partial charge in [0.2, 0.25) is 0 Å². The van der Waals surface area contributed by atoms with Crippen LogP contribution in [-0.2, 0) is 11.2 Å². The molecular formula is C17H19NO4. The van der Waals surface area contributed by atoms with E-state index in [0.29, 0.717) is 5.56 Å². The van der Waals surface area contributed by atoms with Gasteiger partial charge in [0.05, 0.1) is 0 Å². The molecule has 0 radical (unpaired) electrons. The quantitative estimate of drug-likeness (QED) is 0.871. The van der Waals surface area contributed by atoms with E-state index in [4.69, 9.17) is 5.11 Å². The number of aryl methyl sites for hydroxylation is 1. The standard InChI is InChI=1S/C17H19NO4/c19-15(18-9-7-17(22,8-10-18)16(20)21)14-6-5-12-3-1-2-4-13(12)11-14/h1,3,5-6,11,22H,2,4,7-10H2,(H,20,21). The maximum absolute atomic E-state index is 12.5. The summed E-state index contributed by atoms with van der Waals surface area (Å²) in [7, 11) is 0. The minimum absolute atomic E-state index is 0.0712. The molecule has 1 amide bonds. The van der Waals surface area contributed by atoms with Crippen molar-refractivity contribution in [2.75, 3.05) is 13.1 Å². The molecule has 5 heteroatoms. The first-order valence-corrected chi connectivity index (χ1v) is 7.54. The van der Waals surface area contributed by atoms with Gasteiger partial charge in [-0.25, -0.2) is 4.79 Å². The number of aliphatic carboxylic acids is 1. The second-order valence-corrected chi connectivity index (χ2v) is 5.98. The third-order valence-electron chi connectivity index (χ3n) is 4.54. The van der Waals surface area contributed by atoms with Crippen LogP contribution >= 0.6 is 0 Å². The molecule has 1 aliphatic heterocycles. The van der Waals surface area contributed by atoms with Crippen molar-refractivity contribution in [3.8, 4) is 0 Å². The van der Waals surface area contributed by atoms with Gasteiger partial charge in [0.25, 0.3) is 5.91 Å². The van der Waals surface area contributed by atoms with Crippen molar-refractivity contribution in [1.82, 2.24) is 4.90 Å². The highest BCUT2D eigenvalue weighted by Gasteiger charge is 2.40. The molecule has 1 aromatic rings. The van der Waals surface area contributed by atoms with E-state index < -0.39 is 11.6 Å². The molecule has 1 saturated heterocycles.